The van der Waals surface area contributed by atoms with E-state index in [1.54, 1.807) is 6.07 Å². The molecule has 1 N–H and O–H groups in total. The topological polar surface area (TPSA) is 12.0 Å². The molecule has 2 aromatic carbocycles. The summed E-state index contributed by atoms with van der Waals surface area (Å²) in [5.74, 6) is -0.277. The second kappa shape index (κ2) is 6.38. The second-order valence-electron chi connectivity index (χ2n) is 4.34. The Labute approximate surface area is 122 Å². The highest BCUT2D eigenvalue weighted by molar-refractivity contribution is 6.31. The van der Waals surface area contributed by atoms with E-state index in [0.717, 1.165) is 11.1 Å². The van der Waals surface area contributed by atoms with Crippen LogP contribution in [0.25, 0.3) is 0 Å². The molecular weight excluding hydrogens is 284 g/mol. The molecule has 2 aromatic rings. The van der Waals surface area contributed by atoms with Crippen molar-refractivity contribution in [3.8, 4) is 0 Å². The summed E-state index contributed by atoms with van der Waals surface area (Å²) < 4.78 is 13.3. The van der Waals surface area contributed by atoms with Crippen molar-refractivity contribution in [2.24, 2.45) is 0 Å². The summed E-state index contributed by atoms with van der Waals surface area (Å²) in [6.07, 6.45) is 0.605. The molecule has 1 atom stereocenters. The third kappa shape index (κ3) is 3.69. The van der Waals surface area contributed by atoms with Gasteiger partial charge in [0, 0.05) is 16.1 Å². The van der Waals surface area contributed by atoms with Gasteiger partial charge in [0.25, 0.3) is 0 Å². The standard InChI is InChI=1S/C15H14Cl2FN/c1-19-15(10-3-2-4-12(16)7-10)9-11-8-13(18)5-6-14(11)17/h2-8,15,19H,9H2,1H3. The summed E-state index contributed by atoms with van der Waals surface area (Å²) >= 11 is 12.1. The summed E-state index contributed by atoms with van der Waals surface area (Å²) in [5.41, 5.74) is 1.83. The van der Waals surface area contributed by atoms with Crippen LogP contribution >= 0.6 is 23.2 Å². The van der Waals surface area contributed by atoms with Gasteiger partial charge >= 0.3 is 0 Å². The minimum atomic E-state index is -0.277. The number of likely N-dealkylation sites (N-methyl/N-ethyl adjacent to an activating group) is 1. The van der Waals surface area contributed by atoms with E-state index in [4.69, 9.17) is 23.2 Å². The molecule has 4 heteroatoms. The van der Waals surface area contributed by atoms with Crippen molar-refractivity contribution in [1.82, 2.24) is 5.32 Å². The first-order valence-electron chi connectivity index (χ1n) is 5.97. The summed E-state index contributed by atoms with van der Waals surface area (Å²) in [6.45, 7) is 0. The fraction of sp³-hybridized carbons (Fsp3) is 0.200. The largest absolute Gasteiger partial charge is 0.313 e. The van der Waals surface area contributed by atoms with Gasteiger partial charge in [-0.2, -0.15) is 0 Å². The number of hydrogen-bond donors (Lipinski definition) is 1. The van der Waals surface area contributed by atoms with E-state index in [2.05, 4.69) is 5.32 Å². The van der Waals surface area contributed by atoms with E-state index in [-0.39, 0.29) is 11.9 Å². The summed E-state index contributed by atoms with van der Waals surface area (Å²) in [5, 5.41) is 4.46. The quantitative estimate of drug-likeness (QED) is 0.867. The highest BCUT2D eigenvalue weighted by atomic mass is 35.5. The fourth-order valence-electron chi connectivity index (χ4n) is 2.03. The number of rotatable bonds is 4. The molecule has 0 spiro atoms. The van der Waals surface area contributed by atoms with Gasteiger partial charge in [-0.1, -0.05) is 35.3 Å². The molecule has 0 fully saturated rings. The molecule has 19 heavy (non-hydrogen) atoms. The normalized spacial score (nSPS) is 12.4. The first kappa shape index (κ1) is 14.3. The first-order valence-corrected chi connectivity index (χ1v) is 6.72. The average molecular weight is 298 g/mol. The predicted molar refractivity (Wildman–Crippen MR) is 78.4 cm³/mol. The molecule has 0 radical (unpaired) electrons. The maximum Gasteiger partial charge on any atom is 0.123 e. The Kier molecular flexibility index (Phi) is 4.81. The lowest BCUT2D eigenvalue weighted by molar-refractivity contribution is 0.584. The predicted octanol–water partition coefficient (Wildman–Crippen LogP) is 4.64. The van der Waals surface area contributed by atoms with Crippen molar-refractivity contribution in [3.63, 3.8) is 0 Å². The van der Waals surface area contributed by atoms with E-state index >= 15 is 0 Å². The van der Waals surface area contributed by atoms with Gasteiger partial charge in [-0.05, 0) is 54.9 Å². The van der Waals surface area contributed by atoms with Crippen molar-refractivity contribution < 1.29 is 4.39 Å². The number of hydrogen-bond acceptors (Lipinski definition) is 1. The lowest BCUT2D eigenvalue weighted by Gasteiger charge is -2.18. The van der Waals surface area contributed by atoms with Crippen LogP contribution in [0.5, 0.6) is 0 Å². The van der Waals surface area contributed by atoms with Gasteiger partial charge in [0.2, 0.25) is 0 Å². The van der Waals surface area contributed by atoms with Gasteiger partial charge in [0.05, 0.1) is 0 Å². The Morgan fingerprint density at radius 1 is 1.16 bits per heavy atom. The van der Waals surface area contributed by atoms with E-state index < -0.39 is 0 Å². The van der Waals surface area contributed by atoms with Crippen LogP contribution in [-0.4, -0.2) is 7.05 Å². The molecule has 0 aliphatic rings. The van der Waals surface area contributed by atoms with Crippen molar-refractivity contribution in [1.29, 1.82) is 0 Å². The third-order valence-electron chi connectivity index (χ3n) is 3.03. The molecule has 0 aromatic heterocycles. The minimum absolute atomic E-state index is 0.0398. The zero-order valence-electron chi connectivity index (χ0n) is 10.5. The van der Waals surface area contributed by atoms with Crippen molar-refractivity contribution in [2.75, 3.05) is 7.05 Å². The van der Waals surface area contributed by atoms with Gasteiger partial charge in [0.15, 0.2) is 0 Å². The van der Waals surface area contributed by atoms with Crippen LogP contribution in [-0.2, 0) is 6.42 Å². The van der Waals surface area contributed by atoms with Crippen molar-refractivity contribution >= 4 is 23.2 Å². The zero-order valence-corrected chi connectivity index (χ0v) is 12.0. The summed E-state index contributed by atoms with van der Waals surface area (Å²) in [7, 11) is 1.86. The number of halogens is 3. The molecule has 0 heterocycles. The van der Waals surface area contributed by atoms with Crippen molar-refractivity contribution in [2.45, 2.75) is 12.5 Å². The Balaban J connectivity index is 2.26. The summed E-state index contributed by atoms with van der Waals surface area (Å²) in [6, 6.07) is 12.1. The van der Waals surface area contributed by atoms with Crippen molar-refractivity contribution in [3.05, 3.63) is 69.5 Å². The highest BCUT2D eigenvalue weighted by Crippen LogP contribution is 2.25. The molecule has 0 aliphatic carbocycles. The molecule has 0 aliphatic heterocycles. The van der Waals surface area contributed by atoms with Gasteiger partial charge in [-0.25, -0.2) is 4.39 Å². The van der Waals surface area contributed by atoms with Crippen LogP contribution in [0.1, 0.15) is 17.2 Å². The number of nitrogens with one attached hydrogen (secondary N) is 1. The number of benzene rings is 2. The minimum Gasteiger partial charge on any atom is -0.313 e. The maximum atomic E-state index is 13.3. The Hall–Kier alpha value is -1.09. The van der Waals surface area contributed by atoms with Crippen LogP contribution in [0.2, 0.25) is 10.0 Å². The molecule has 1 unspecified atom stereocenters. The smallest absolute Gasteiger partial charge is 0.123 e. The van der Waals surface area contributed by atoms with Gasteiger partial charge < -0.3 is 5.32 Å². The highest BCUT2D eigenvalue weighted by Gasteiger charge is 2.13. The van der Waals surface area contributed by atoms with E-state index in [0.29, 0.717) is 16.5 Å². The lowest BCUT2D eigenvalue weighted by Crippen LogP contribution is -2.19. The Morgan fingerprint density at radius 3 is 2.63 bits per heavy atom. The van der Waals surface area contributed by atoms with Crippen LogP contribution in [0.15, 0.2) is 42.5 Å². The van der Waals surface area contributed by atoms with Crippen LogP contribution in [0.3, 0.4) is 0 Å². The molecule has 2 rings (SSSR count). The van der Waals surface area contributed by atoms with Crippen LogP contribution in [0.4, 0.5) is 4.39 Å². The Morgan fingerprint density at radius 2 is 1.95 bits per heavy atom. The van der Waals surface area contributed by atoms with E-state index in [9.17, 15) is 4.39 Å². The van der Waals surface area contributed by atoms with Crippen LogP contribution in [0, 0.1) is 5.82 Å². The molecule has 0 bridgehead atoms. The van der Waals surface area contributed by atoms with E-state index in [1.165, 1.54) is 12.1 Å². The molecule has 1 nitrogen and oxygen atoms in total. The van der Waals surface area contributed by atoms with Gasteiger partial charge in [-0.15, -0.1) is 0 Å². The Bertz CT molecular complexity index is 572. The third-order valence-corrected chi connectivity index (χ3v) is 3.64. The molecule has 0 saturated heterocycles. The zero-order chi connectivity index (χ0) is 13.8. The van der Waals surface area contributed by atoms with Gasteiger partial charge in [0.1, 0.15) is 5.82 Å². The molecule has 100 valence electrons. The van der Waals surface area contributed by atoms with Crippen LogP contribution < -0.4 is 5.32 Å². The SMILES string of the molecule is CNC(Cc1cc(F)ccc1Cl)c1cccc(Cl)c1. The fourth-order valence-corrected chi connectivity index (χ4v) is 2.42. The van der Waals surface area contributed by atoms with Gasteiger partial charge in [-0.3, -0.25) is 0 Å². The van der Waals surface area contributed by atoms with E-state index in [1.807, 2.05) is 31.3 Å². The average Bonchev–Trinajstić information content (AvgIpc) is 2.39. The summed E-state index contributed by atoms with van der Waals surface area (Å²) in [4.78, 5) is 0. The lowest BCUT2D eigenvalue weighted by atomic mass is 9.99. The first-order chi connectivity index (χ1) is 9.10. The molecule has 0 saturated carbocycles. The maximum absolute atomic E-state index is 13.3. The molecular formula is C15H14Cl2FN. The second-order valence-corrected chi connectivity index (χ2v) is 5.18. The molecule has 0 amide bonds. The monoisotopic (exact) mass is 297 g/mol.